The van der Waals surface area contributed by atoms with Crippen molar-refractivity contribution in [3.05, 3.63) is 82.5 Å². The maximum atomic E-state index is 6.21. The first-order valence-electron chi connectivity index (χ1n) is 10.5. The summed E-state index contributed by atoms with van der Waals surface area (Å²) in [6, 6.07) is 11.9. The standard InChI is InChI=1S/C24H23ClN6O/c1-16-14-30(15-26-16)21-10-8-19(27-24(21)32-2)9-11-22-28-23-20(7-4-12-31(23)29-22)17-5-3-6-18(25)13-17/h3,5-6,8-11,13-15,20H,4,7,12H2,1-2H3/b11-9+/t20-/m0/s1. The summed E-state index contributed by atoms with van der Waals surface area (Å²) >= 11 is 6.21. The Morgan fingerprint density at radius 1 is 1.16 bits per heavy atom. The van der Waals surface area contributed by atoms with E-state index in [1.165, 1.54) is 5.56 Å². The van der Waals surface area contributed by atoms with Crippen molar-refractivity contribution in [2.45, 2.75) is 32.2 Å². The van der Waals surface area contributed by atoms with Crippen LogP contribution in [0, 0.1) is 6.92 Å². The summed E-state index contributed by atoms with van der Waals surface area (Å²) in [6.07, 6.45) is 9.58. The van der Waals surface area contributed by atoms with Crippen LogP contribution in [0.4, 0.5) is 0 Å². The first-order chi connectivity index (χ1) is 15.6. The molecule has 1 aromatic carbocycles. The molecule has 0 fully saturated rings. The minimum absolute atomic E-state index is 0.202. The second-order valence-corrected chi connectivity index (χ2v) is 8.26. The number of pyridine rings is 1. The van der Waals surface area contributed by atoms with Gasteiger partial charge in [0.2, 0.25) is 5.88 Å². The summed E-state index contributed by atoms with van der Waals surface area (Å²) in [5, 5.41) is 5.43. The summed E-state index contributed by atoms with van der Waals surface area (Å²) in [4.78, 5) is 13.7. The van der Waals surface area contributed by atoms with E-state index >= 15 is 0 Å². The number of aryl methyl sites for hydroxylation is 2. The predicted molar refractivity (Wildman–Crippen MR) is 124 cm³/mol. The Morgan fingerprint density at radius 2 is 2.06 bits per heavy atom. The molecule has 0 saturated heterocycles. The number of aromatic nitrogens is 6. The van der Waals surface area contributed by atoms with Crippen LogP contribution in [0.25, 0.3) is 17.8 Å². The molecule has 0 radical (unpaired) electrons. The lowest BCUT2D eigenvalue weighted by atomic mass is 9.91. The van der Waals surface area contributed by atoms with Gasteiger partial charge in [0.05, 0.1) is 24.8 Å². The first kappa shape index (κ1) is 20.5. The van der Waals surface area contributed by atoms with Gasteiger partial charge in [-0.15, -0.1) is 0 Å². The van der Waals surface area contributed by atoms with E-state index in [9.17, 15) is 0 Å². The van der Waals surface area contributed by atoms with Crippen molar-refractivity contribution in [2.75, 3.05) is 7.11 Å². The Labute approximate surface area is 191 Å². The van der Waals surface area contributed by atoms with Gasteiger partial charge < -0.3 is 9.30 Å². The molecule has 0 unspecified atom stereocenters. The number of nitrogens with zero attached hydrogens (tertiary/aromatic N) is 6. The number of rotatable bonds is 5. The number of benzene rings is 1. The van der Waals surface area contributed by atoms with Crippen LogP contribution in [0.15, 0.2) is 48.9 Å². The van der Waals surface area contributed by atoms with Crippen LogP contribution < -0.4 is 4.74 Å². The quantitative estimate of drug-likeness (QED) is 0.435. The molecule has 8 heteroatoms. The SMILES string of the molecule is COc1nc(/C=C/c2nc3n(n2)CCC[C@H]3c2cccc(Cl)c2)ccc1-n1cnc(C)c1. The number of imidazole rings is 1. The number of hydrogen-bond donors (Lipinski definition) is 0. The van der Waals surface area contributed by atoms with Gasteiger partial charge >= 0.3 is 0 Å². The van der Waals surface area contributed by atoms with Gasteiger partial charge in [-0.3, -0.25) is 0 Å². The van der Waals surface area contributed by atoms with Gasteiger partial charge in [0.25, 0.3) is 0 Å². The smallest absolute Gasteiger partial charge is 0.238 e. The van der Waals surface area contributed by atoms with E-state index in [-0.39, 0.29) is 5.92 Å². The highest BCUT2D eigenvalue weighted by molar-refractivity contribution is 6.30. The fourth-order valence-electron chi connectivity index (χ4n) is 4.08. The van der Waals surface area contributed by atoms with E-state index in [1.807, 2.05) is 64.9 Å². The summed E-state index contributed by atoms with van der Waals surface area (Å²) in [5.41, 5.74) is 3.71. The van der Waals surface area contributed by atoms with Gasteiger partial charge in [0, 0.05) is 23.7 Å². The average molecular weight is 447 g/mol. The van der Waals surface area contributed by atoms with Crippen molar-refractivity contribution in [3.8, 4) is 11.6 Å². The molecule has 5 rings (SSSR count). The van der Waals surface area contributed by atoms with Crippen molar-refractivity contribution in [3.63, 3.8) is 0 Å². The van der Waals surface area contributed by atoms with Gasteiger partial charge in [0.1, 0.15) is 11.5 Å². The minimum Gasteiger partial charge on any atom is -0.479 e. The highest BCUT2D eigenvalue weighted by Gasteiger charge is 2.25. The molecule has 1 atom stereocenters. The molecule has 3 aromatic heterocycles. The fraction of sp³-hybridized carbons (Fsp3) is 0.250. The lowest BCUT2D eigenvalue weighted by molar-refractivity contribution is 0.395. The molecule has 4 aromatic rings. The van der Waals surface area contributed by atoms with Crippen LogP contribution in [0.3, 0.4) is 0 Å². The van der Waals surface area contributed by atoms with E-state index < -0.39 is 0 Å². The molecule has 4 heterocycles. The Morgan fingerprint density at radius 3 is 2.84 bits per heavy atom. The summed E-state index contributed by atoms with van der Waals surface area (Å²) in [5.74, 6) is 2.38. The van der Waals surface area contributed by atoms with Crippen molar-refractivity contribution >= 4 is 23.8 Å². The van der Waals surface area contributed by atoms with Gasteiger partial charge in [-0.2, -0.15) is 5.10 Å². The zero-order valence-corrected chi connectivity index (χ0v) is 18.7. The summed E-state index contributed by atoms with van der Waals surface area (Å²) in [6.45, 7) is 2.82. The van der Waals surface area contributed by atoms with Crippen LogP contribution in [0.2, 0.25) is 5.02 Å². The third-order valence-corrected chi connectivity index (χ3v) is 5.83. The van der Waals surface area contributed by atoms with E-state index in [1.54, 1.807) is 13.4 Å². The number of methoxy groups -OCH3 is 1. The molecule has 0 aliphatic carbocycles. The van der Waals surface area contributed by atoms with Crippen LogP contribution in [0.1, 0.15) is 47.4 Å². The molecule has 0 amide bonds. The van der Waals surface area contributed by atoms with E-state index in [0.717, 1.165) is 47.3 Å². The van der Waals surface area contributed by atoms with Gasteiger partial charge in [-0.05, 0) is 61.7 Å². The van der Waals surface area contributed by atoms with E-state index in [2.05, 4.69) is 21.1 Å². The Balaban J connectivity index is 1.41. The first-order valence-corrected chi connectivity index (χ1v) is 10.9. The van der Waals surface area contributed by atoms with Crippen molar-refractivity contribution < 1.29 is 4.74 Å². The average Bonchev–Trinajstić information content (AvgIpc) is 3.43. The molecule has 7 nitrogen and oxygen atoms in total. The lowest BCUT2D eigenvalue weighted by Gasteiger charge is -2.22. The molecule has 32 heavy (non-hydrogen) atoms. The molecule has 0 N–H and O–H groups in total. The molecule has 0 bridgehead atoms. The topological polar surface area (TPSA) is 70.7 Å². The molecule has 0 spiro atoms. The van der Waals surface area contributed by atoms with Crippen molar-refractivity contribution in [2.24, 2.45) is 0 Å². The van der Waals surface area contributed by atoms with Crippen LogP contribution >= 0.6 is 11.6 Å². The molecule has 162 valence electrons. The van der Waals surface area contributed by atoms with Crippen molar-refractivity contribution in [1.29, 1.82) is 0 Å². The summed E-state index contributed by atoms with van der Waals surface area (Å²) < 4.78 is 9.41. The third kappa shape index (κ3) is 4.03. The van der Waals surface area contributed by atoms with Crippen LogP contribution in [-0.4, -0.2) is 36.4 Å². The van der Waals surface area contributed by atoms with Crippen LogP contribution in [-0.2, 0) is 6.54 Å². The zero-order chi connectivity index (χ0) is 22.1. The van der Waals surface area contributed by atoms with Gasteiger partial charge in [0.15, 0.2) is 5.82 Å². The number of hydrogen-bond acceptors (Lipinski definition) is 5. The van der Waals surface area contributed by atoms with Gasteiger partial charge in [-0.25, -0.2) is 19.6 Å². The second-order valence-electron chi connectivity index (χ2n) is 7.82. The predicted octanol–water partition coefficient (Wildman–Crippen LogP) is 4.93. The monoisotopic (exact) mass is 446 g/mol. The Hall–Kier alpha value is -3.45. The number of fused-ring (bicyclic) bond motifs is 1. The fourth-order valence-corrected chi connectivity index (χ4v) is 4.28. The molecule has 1 aliphatic heterocycles. The zero-order valence-electron chi connectivity index (χ0n) is 17.9. The maximum Gasteiger partial charge on any atom is 0.238 e. The number of halogens is 1. The Kier molecular flexibility index (Phi) is 5.49. The van der Waals surface area contributed by atoms with Gasteiger partial charge in [-0.1, -0.05) is 23.7 Å². The van der Waals surface area contributed by atoms with Crippen molar-refractivity contribution in [1.82, 2.24) is 29.3 Å². The molecular formula is C24H23ClN6O. The maximum absolute atomic E-state index is 6.21. The van der Waals surface area contributed by atoms with E-state index in [4.69, 9.17) is 21.3 Å². The van der Waals surface area contributed by atoms with E-state index in [0.29, 0.717) is 11.7 Å². The third-order valence-electron chi connectivity index (χ3n) is 5.59. The number of ether oxygens (including phenoxy) is 1. The molecule has 0 saturated carbocycles. The normalized spacial score (nSPS) is 15.8. The highest BCUT2D eigenvalue weighted by Crippen LogP contribution is 2.33. The lowest BCUT2D eigenvalue weighted by Crippen LogP contribution is -2.17. The second kappa shape index (κ2) is 8.59. The highest BCUT2D eigenvalue weighted by atomic mass is 35.5. The molecular weight excluding hydrogens is 424 g/mol. The Bertz CT molecular complexity index is 1290. The largest absolute Gasteiger partial charge is 0.479 e. The summed E-state index contributed by atoms with van der Waals surface area (Å²) in [7, 11) is 1.62. The molecule has 1 aliphatic rings. The van der Waals surface area contributed by atoms with Crippen LogP contribution in [0.5, 0.6) is 5.88 Å². The minimum atomic E-state index is 0.202.